The fourth-order valence-electron chi connectivity index (χ4n) is 4.42. The van der Waals surface area contributed by atoms with Crippen LogP contribution in [0.1, 0.15) is 48.9 Å². The monoisotopic (exact) mass is 377 g/mol. The average Bonchev–Trinajstić information content (AvgIpc) is 3.41. The maximum absolute atomic E-state index is 12.8. The Balaban J connectivity index is 1.34. The van der Waals surface area contributed by atoms with Crippen molar-refractivity contribution in [1.29, 1.82) is 0 Å². The van der Waals surface area contributed by atoms with E-state index in [0.717, 1.165) is 24.2 Å². The number of fused-ring (bicyclic) bond motifs is 2. The highest BCUT2D eigenvalue weighted by molar-refractivity contribution is 6.06. The fourth-order valence-corrected chi connectivity index (χ4v) is 4.42. The van der Waals surface area contributed by atoms with Crippen LogP contribution >= 0.6 is 0 Å². The summed E-state index contributed by atoms with van der Waals surface area (Å²) in [6.07, 6.45) is 11.8. The molecule has 2 N–H and O–H groups in total. The number of aromatic nitrogens is 2. The topological polar surface area (TPSA) is 87.2 Å². The molecule has 0 atom stereocenters. The molecular weight excluding hydrogens is 354 g/mol. The Morgan fingerprint density at radius 1 is 0.964 bits per heavy atom. The Morgan fingerprint density at radius 3 is 2.43 bits per heavy atom. The van der Waals surface area contributed by atoms with Crippen LogP contribution < -0.4 is 15.5 Å². The number of hydrogen-bond acceptors (Lipinski definition) is 5. The van der Waals surface area contributed by atoms with Gasteiger partial charge < -0.3 is 15.5 Å². The third kappa shape index (κ3) is 3.21. The van der Waals surface area contributed by atoms with Crippen molar-refractivity contribution < 1.29 is 9.59 Å². The molecule has 0 spiro atoms. The van der Waals surface area contributed by atoms with Gasteiger partial charge in [0.25, 0.3) is 5.91 Å². The van der Waals surface area contributed by atoms with Crippen molar-refractivity contribution in [3.8, 4) is 0 Å². The summed E-state index contributed by atoms with van der Waals surface area (Å²) in [5.41, 5.74) is 2.23. The highest BCUT2D eigenvalue weighted by atomic mass is 16.2. The number of rotatable bonds is 5. The minimum absolute atomic E-state index is 0.0240. The van der Waals surface area contributed by atoms with E-state index in [9.17, 15) is 9.59 Å². The molecule has 2 aromatic rings. The van der Waals surface area contributed by atoms with Gasteiger partial charge in [0, 0.05) is 36.0 Å². The van der Waals surface area contributed by atoms with E-state index in [-0.39, 0.29) is 17.7 Å². The number of carbonyl (C=O) groups excluding carboxylic acids is 2. The number of hydrogen-bond donors (Lipinski definition) is 2. The van der Waals surface area contributed by atoms with Gasteiger partial charge in [0.2, 0.25) is 5.91 Å². The summed E-state index contributed by atoms with van der Waals surface area (Å²) in [4.78, 5) is 35.6. The molecule has 1 saturated carbocycles. The van der Waals surface area contributed by atoms with Gasteiger partial charge in [-0.3, -0.25) is 14.6 Å². The van der Waals surface area contributed by atoms with Crippen LogP contribution in [0.3, 0.4) is 0 Å². The predicted octanol–water partition coefficient (Wildman–Crippen LogP) is 3.21. The quantitative estimate of drug-likeness (QED) is 0.835. The van der Waals surface area contributed by atoms with Crippen LogP contribution in [0.25, 0.3) is 0 Å². The smallest absolute Gasteiger partial charge is 0.255 e. The standard InChI is InChI=1S/C21H23N5O2/c27-20(13-1-2-13)25-19-11-14(7-10-23-19)21(28)24-17-12-22-9-8-18(17)26-15-3-4-16(26)6-5-15/h7-13,15-16H,1-6H2,(H,24,28)(H,23,25,27)/t15-,16-. The molecule has 2 aliphatic heterocycles. The summed E-state index contributed by atoms with van der Waals surface area (Å²) >= 11 is 0. The maximum Gasteiger partial charge on any atom is 0.255 e. The first-order valence-corrected chi connectivity index (χ1v) is 9.99. The second-order valence-electron chi connectivity index (χ2n) is 7.91. The van der Waals surface area contributed by atoms with Crippen LogP contribution in [-0.2, 0) is 4.79 Å². The van der Waals surface area contributed by atoms with E-state index in [0.29, 0.717) is 23.5 Å². The van der Waals surface area contributed by atoms with E-state index in [4.69, 9.17) is 0 Å². The van der Waals surface area contributed by atoms with Gasteiger partial charge in [-0.1, -0.05) is 0 Å². The molecule has 7 nitrogen and oxygen atoms in total. The summed E-state index contributed by atoms with van der Waals surface area (Å²) in [5, 5.41) is 5.79. The molecule has 28 heavy (non-hydrogen) atoms. The number of amides is 2. The fraction of sp³-hybridized carbons (Fsp3) is 0.429. The molecule has 144 valence electrons. The van der Waals surface area contributed by atoms with Crippen molar-refractivity contribution in [3.05, 3.63) is 42.4 Å². The SMILES string of the molecule is O=C(Nc1cnccc1N1[C@H]2CC[C@H]1CC2)c1ccnc(NC(=O)C2CC2)c1. The molecule has 2 saturated heterocycles. The Hall–Kier alpha value is -2.96. The molecule has 5 rings (SSSR count). The number of carbonyl (C=O) groups is 2. The van der Waals surface area contributed by atoms with Gasteiger partial charge in [-0.2, -0.15) is 0 Å². The van der Waals surface area contributed by atoms with Crippen molar-refractivity contribution in [3.63, 3.8) is 0 Å². The van der Waals surface area contributed by atoms with Gasteiger partial charge in [0.1, 0.15) is 5.82 Å². The van der Waals surface area contributed by atoms with E-state index in [1.54, 1.807) is 30.7 Å². The summed E-state index contributed by atoms with van der Waals surface area (Å²) in [7, 11) is 0. The Labute approximate surface area is 163 Å². The Kier molecular flexibility index (Phi) is 4.22. The molecule has 3 fully saturated rings. The van der Waals surface area contributed by atoms with E-state index in [1.807, 2.05) is 6.07 Å². The van der Waals surface area contributed by atoms with Crippen molar-refractivity contribution in [2.24, 2.45) is 5.92 Å². The van der Waals surface area contributed by atoms with Crippen LogP contribution in [0.2, 0.25) is 0 Å². The normalized spacial score (nSPS) is 22.9. The van der Waals surface area contributed by atoms with Crippen LogP contribution in [0.5, 0.6) is 0 Å². The van der Waals surface area contributed by atoms with E-state index < -0.39 is 0 Å². The molecule has 0 aromatic carbocycles. The second kappa shape index (κ2) is 6.89. The van der Waals surface area contributed by atoms with Gasteiger partial charge in [-0.05, 0) is 56.7 Å². The molecule has 1 aliphatic carbocycles. The minimum atomic E-state index is -0.231. The summed E-state index contributed by atoms with van der Waals surface area (Å²) in [6, 6.07) is 6.38. The molecule has 2 bridgehead atoms. The first-order chi connectivity index (χ1) is 13.7. The van der Waals surface area contributed by atoms with Crippen molar-refractivity contribution in [2.75, 3.05) is 15.5 Å². The minimum Gasteiger partial charge on any atom is -0.364 e. The molecule has 4 heterocycles. The van der Waals surface area contributed by atoms with Crippen LogP contribution in [0, 0.1) is 5.92 Å². The third-order valence-corrected chi connectivity index (χ3v) is 6.00. The van der Waals surface area contributed by atoms with Crippen LogP contribution in [0.4, 0.5) is 17.2 Å². The number of nitrogens with zero attached hydrogens (tertiary/aromatic N) is 3. The maximum atomic E-state index is 12.8. The van der Waals surface area contributed by atoms with Crippen molar-refractivity contribution >= 4 is 29.0 Å². The molecule has 2 aromatic heterocycles. The van der Waals surface area contributed by atoms with Gasteiger partial charge in [0.05, 0.1) is 17.6 Å². The molecule has 7 heteroatoms. The van der Waals surface area contributed by atoms with Crippen LogP contribution in [-0.4, -0.2) is 33.9 Å². The van der Waals surface area contributed by atoms with Gasteiger partial charge in [0.15, 0.2) is 0 Å². The van der Waals surface area contributed by atoms with Crippen molar-refractivity contribution in [2.45, 2.75) is 50.6 Å². The highest BCUT2D eigenvalue weighted by Crippen LogP contribution is 2.43. The Bertz CT molecular complexity index is 907. The summed E-state index contributed by atoms with van der Waals surface area (Å²) in [6.45, 7) is 0. The molecule has 0 radical (unpaired) electrons. The number of nitrogens with one attached hydrogen (secondary N) is 2. The van der Waals surface area contributed by atoms with Gasteiger partial charge in [-0.15, -0.1) is 0 Å². The van der Waals surface area contributed by atoms with E-state index >= 15 is 0 Å². The first-order valence-electron chi connectivity index (χ1n) is 9.99. The van der Waals surface area contributed by atoms with Gasteiger partial charge >= 0.3 is 0 Å². The van der Waals surface area contributed by atoms with Crippen molar-refractivity contribution in [1.82, 2.24) is 9.97 Å². The second-order valence-corrected chi connectivity index (χ2v) is 7.91. The summed E-state index contributed by atoms with van der Waals surface area (Å²) in [5.74, 6) is 0.246. The lowest BCUT2D eigenvalue weighted by Crippen LogP contribution is -2.29. The lowest BCUT2D eigenvalue weighted by atomic mass is 10.0. The van der Waals surface area contributed by atoms with E-state index in [1.165, 1.54) is 25.7 Å². The zero-order chi connectivity index (χ0) is 19.1. The number of pyridine rings is 2. The lowest BCUT2D eigenvalue weighted by Gasteiger charge is -2.26. The zero-order valence-corrected chi connectivity index (χ0v) is 15.6. The zero-order valence-electron chi connectivity index (χ0n) is 15.6. The molecular formula is C21H23N5O2. The lowest BCUT2D eigenvalue weighted by molar-refractivity contribution is -0.117. The highest BCUT2D eigenvalue weighted by Gasteiger charge is 2.40. The molecule has 2 amide bonds. The molecule has 0 unspecified atom stereocenters. The average molecular weight is 377 g/mol. The molecule has 3 aliphatic rings. The largest absolute Gasteiger partial charge is 0.364 e. The van der Waals surface area contributed by atoms with Crippen LogP contribution in [0.15, 0.2) is 36.8 Å². The first kappa shape index (κ1) is 17.2. The predicted molar refractivity (Wildman–Crippen MR) is 106 cm³/mol. The Morgan fingerprint density at radius 2 is 1.71 bits per heavy atom. The van der Waals surface area contributed by atoms with E-state index in [2.05, 4.69) is 25.5 Å². The summed E-state index contributed by atoms with van der Waals surface area (Å²) < 4.78 is 0. The third-order valence-electron chi connectivity index (χ3n) is 6.00. The number of anilines is 3. The van der Waals surface area contributed by atoms with Gasteiger partial charge in [-0.25, -0.2) is 4.98 Å².